The Morgan fingerprint density at radius 2 is 1.59 bits per heavy atom. The van der Waals surface area contributed by atoms with Gasteiger partial charge in [0, 0.05) is 19.6 Å². The molecule has 17 heavy (non-hydrogen) atoms. The fourth-order valence-electron chi connectivity index (χ4n) is 1.80. The Balaban J connectivity index is 3.12. The predicted molar refractivity (Wildman–Crippen MR) is 71.9 cm³/mol. The molecule has 0 saturated carbocycles. The molecule has 0 aromatic carbocycles. The summed E-state index contributed by atoms with van der Waals surface area (Å²) in [5.74, 6) is 0.198. The number of aliphatic hydroxyl groups is 1. The van der Waals surface area contributed by atoms with Gasteiger partial charge in [-0.1, -0.05) is 45.4 Å². The van der Waals surface area contributed by atoms with Gasteiger partial charge in [0.15, 0.2) is 0 Å². The van der Waals surface area contributed by atoms with Crippen molar-refractivity contribution < 1.29 is 9.90 Å². The summed E-state index contributed by atoms with van der Waals surface area (Å²) < 4.78 is 0. The van der Waals surface area contributed by atoms with Crippen LogP contribution in [-0.4, -0.2) is 24.2 Å². The number of nitrogens with one attached hydrogen (secondary N) is 1. The van der Waals surface area contributed by atoms with E-state index >= 15 is 0 Å². The number of amides is 1. The molecule has 1 amide bonds. The minimum absolute atomic E-state index is 0.198. The topological polar surface area (TPSA) is 49.3 Å². The lowest BCUT2D eigenvalue weighted by Crippen LogP contribution is -2.23. The average molecular weight is 243 g/mol. The normalized spacial score (nSPS) is 10.5. The van der Waals surface area contributed by atoms with Gasteiger partial charge in [0.05, 0.1) is 0 Å². The van der Waals surface area contributed by atoms with E-state index in [4.69, 9.17) is 5.11 Å². The van der Waals surface area contributed by atoms with Gasteiger partial charge in [-0.15, -0.1) is 0 Å². The molecule has 0 fully saturated rings. The van der Waals surface area contributed by atoms with Crippen molar-refractivity contribution in [3.05, 3.63) is 0 Å². The van der Waals surface area contributed by atoms with Crippen LogP contribution in [0.4, 0.5) is 0 Å². The van der Waals surface area contributed by atoms with Crippen molar-refractivity contribution in [3.8, 4) is 0 Å². The Morgan fingerprint density at radius 1 is 0.941 bits per heavy atom. The first-order valence-corrected chi connectivity index (χ1v) is 7.18. The second-order valence-electron chi connectivity index (χ2n) is 4.65. The van der Waals surface area contributed by atoms with Gasteiger partial charge < -0.3 is 10.4 Å². The molecule has 3 nitrogen and oxygen atoms in total. The van der Waals surface area contributed by atoms with Crippen LogP contribution >= 0.6 is 0 Å². The summed E-state index contributed by atoms with van der Waals surface area (Å²) in [6.45, 7) is 3.27. The van der Waals surface area contributed by atoms with E-state index < -0.39 is 0 Å². The smallest absolute Gasteiger partial charge is 0.219 e. The highest BCUT2D eigenvalue weighted by atomic mass is 16.2. The van der Waals surface area contributed by atoms with E-state index in [1.807, 2.05) is 0 Å². The third-order valence-electron chi connectivity index (χ3n) is 2.91. The highest BCUT2D eigenvalue weighted by Gasteiger charge is 1.99. The van der Waals surface area contributed by atoms with Crippen LogP contribution in [0.3, 0.4) is 0 Å². The van der Waals surface area contributed by atoms with Gasteiger partial charge in [0.25, 0.3) is 0 Å². The molecular weight excluding hydrogens is 214 g/mol. The molecule has 2 N–H and O–H groups in total. The highest BCUT2D eigenvalue weighted by molar-refractivity contribution is 5.75. The van der Waals surface area contributed by atoms with Crippen molar-refractivity contribution >= 4 is 5.91 Å². The van der Waals surface area contributed by atoms with Gasteiger partial charge in [0.1, 0.15) is 0 Å². The number of carbonyl (C=O) groups is 1. The minimum atomic E-state index is 0.198. The van der Waals surface area contributed by atoms with E-state index in [-0.39, 0.29) is 12.5 Å². The van der Waals surface area contributed by atoms with Crippen LogP contribution in [0.5, 0.6) is 0 Å². The van der Waals surface area contributed by atoms with Crippen LogP contribution < -0.4 is 5.32 Å². The maximum atomic E-state index is 11.4. The zero-order chi connectivity index (χ0) is 12.8. The monoisotopic (exact) mass is 243 g/mol. The van der Waals surface area contributed by atoms with Crippen LogP contribution in [-0.2, 0) is 4.79 Å². The van der Waals surface area contributed by atoms with E-state index in [9.17, 15) is 4.79 Å². The van der Waals surface area contributed by atoms with Crippen LogP contribution in [0.15, 0.2) is 0 Å². The van der Waals surface area contributed by atoms with E-state index in [1.54, 1.807) is 0 Å². The summed E-state index contributed by atoms with van der Waals surface area (Å²) in [6, 6.07) is 0. The van der Waals surface area contributed by atoms with Gasteiger partial charge in [-0.25, -0.2) is 0 Å². The quantitative estimate of drug-likeness (QED) is 0.518. The molecule has 0 bridgehead atoms. The lowest BCUT2D eigenvalue weighted by atomic mass is 10.1. The van der Waals surface area contributed by atoms with E-state index in [0.717, 1.165) is 38.6 Å². The second kappa shape index (κ2) is 13.5. The first-order valence-electron chi connectivity index (χ1n) is 7.18. The fraction of sp³-hybridized carbons (Fsp3) is 0.929. The van der Waals surface area contributed by atoms with E-state index in [0.29, 0.717) is 6.42 Å². The van der Waals surface area contributed by atoms with Crippen molar-refractivity contribution in [3.63, 3.8) is 0 Å². The summed E-state index contributed by atoms with van der Waals surface area (Å²) >= 11 is 0. The number of rotatable bonds is 12. The number of unbranched alkanes of at least 4 members (excludes halogenated alkanes) is 7. The summed E-state index contributed by atoms with van der Waals surface area (Å²) in [5, 5.41) is 11.5. The van der Waals surface area contributed by atoms with Crippen LogP contribution in [0, 0.1) is 0 Å². The lowest BCUT2D eigenvalue weighted by Gasteiger charge is -2.05. The Morgan fingerprint density at radius 3 is 2.29 bits per heavy atom. The number of hydrogen-bond acceptors (Lipinski definition) is 2. The van der Waals surface area contributed by atoms with Gasteiger partial charge in [-0.05, 0) is 19.3 Å². The molecular formula is C14H29NO2. The Bertz CT molecular complexity index is 172. The number of carbonyl (C=O) groups excluding carboxylic acids is 1. The molecule has 102 valence electrons. The Kier molecular flexibility index (Phi) is 13.0. The molecule has 0 radical (unpaired) electrons. The third kappa shape index (κ3) is 13.4. The average Bonchev–Trinajstić information content (AvgIpc) is 2.33. The highest BCUT2D eigenvalue weighted by Crippen LogP contribution is 2.04. The van der Waals surface area contributed by atoms with Crippen molar-refractivity contribution in [1.82, 2.24) is 5.32 Å². The molecule has 0 unspecified atom stereocenters. The summed E-state index contributed by atoms with van der Waals surface area (Å²) in [4.78, 5) is 11.4. The van der Waals surface area contributed by atoms with Crippen molar-refractivity contribution in [2.24, 2.45) is 0 Å². The molecule has 0 aromatic heterocycles. The molecule has 0 aliphatic heterocycles. The maximum Gasteiger partial charge on any atom is 0.219 e. The van der Waals surface area contributed by atoms with Gasteiger partial charge in [-0.3, -0.25) is 4.79 Å². The van der Waals surface area contributed by atoms with Crippen LogP contribution in [0.25, 0.3) is 0 Å². The Labute approximate surface area is 106 Å². The third-order valence-corrected chi connectivity index (χ3v) is 2.91. The molecule has 0 aliphatic rings. The zero-order valence-corrected chi connectivity index (χ0v) is 11.3. The van der Waals surface area contributed by atoms with E-state index in [1.165, 1.54) is 25.7 Å². The van der Waals surface area contributed by atoms with Gasteiger partial charge in [0.2, 0.25) is 5.91 Å². The summed E-state index contributed by atoms with van der Waals surface area (Å²) in [5.41, 5.74) is 0. The van der Waals surface area contributed by atoms with Crippen molar-refractivity contribution in [1.29, 1.82) is 0 Å². The molecule has 0 aliphatic carbocycles. The zero-order valence-electron chi connectivity index (χ0n) is 11.3. The minimum Gasteiger partial charge on any atom is -0.396 e. The maximum absolute atomic E-state index is 11.4. The molecule has 0 rings (SSSR count). The van der Waals surface area contributed by atoms with Crippen molar-refractivity contribution in [2.75, 3.05) is 13.2 Å². The standard InChI is InChI=1S/C14H29NO2/c1-2-3-4-5-8-11-14(17)15-12-9-6-7-10-13-16/h16H,2-13H2,1H3,(H,15,17). The first-order chi connectivity index (χ1) is 8.31. The summed E-state index contributed by atoms with van der Waals surface area (Å²) in [7, 11) is 0. The predicted octanol–water partition coefficient (Wildman–Crippen LogP) is 3.02. The second-order valence-corrected chi connectivity index (χ2v) is 4.65. The Hall–Kier alpha value is -0.570. The number of aliphatic hydroxyl groups excluding tert-OH is 1. The molecule has 0 spiro atoms. The van der Waals surface area contributed by atoms with Crippen molar-refractivity contribution in [2.45, 2.75) is 71.1 Å². The molecule has 0 atom stereocenters. The van der Waals surface area contributed by atoms with E-state index in [2.05, 4.69) is 12.2 Å². The lowest BCUT2D eigenvalue weighted by molar-refractivity contribution is -0.121. The molecule has 0 saturated heterocycles. The number of hydrogen-bond donors (Lipinski definition) is 2. The van der Waals surface area contributed by atoms with Gasteiger partial charge >= 0.3 is 0 Å². The molecule has 0 aromatic rings. The SMILES string of the molecule is CCCCCCCC(=O)NCCCCCCO. The fourth-order valence-corrected chi connectivity index (χ4v) is 1.80. The van der Waals surface area contributed by atoms with Crippen LogP contribution in [0.2, 0.25) is 0 Å². The summed E-state index contributed by atoms with van der Waals surface area (Å²) in [6.07, 6.45) is 10.7. The molecule has 0 heterocycles. The first kappa shape index (κ1) is 16.4. The largest absolute Gasteiger partial charge is 0.396 e. The molecule has 3 heteroatoms. The van der Waals surface area contributed by atoms with Gasteiger partial charge in [-0.2, -0.15) is 0 Å². The van der Waals surface area contributed by atoms with Crippen LogP contribution in [0.1, 0.15) is 71.1 Å².